The highest BCUT2D eigenvalue weighted by atomic mass is 15.0. The van der Waals surface area contributed by atoms with E-state index in [1.807, 2.05) is 72.8 Å². The first-order valence-electron chi connectivity index (χ1n) is 16.3. The first kappa shape index (κ1) is 28.8. The second-order valence-corrected chi connectivity index (χ2v) is 12.3. The minimum Gasteiger partial charge on any atom is -0.309 e. The molecule has 0 amide bonds. The summed E-state index contributed by atoms with van der Waals surface area (Å²) in [6.07, 6.45) is 0. The van der Waals surface area contributed by atoms with Crippen LogP contribution in [-0.4, -0.2) is 9.13 Å². The van der Waals surface area contributed by atoms with Crippen molar-refractivity contribution in [3.63, 3.8) is 0 Å². The van der Waals surface area contributed by atoms with E-state index in [9.17, 15) is 15.8 Å². The van der Waals surface area contributed by atoms with E-state index in [2.05, 4.69) is 100 Å². The monoisotopic (exact) mass is 635 g/mol. The van der Waals surface area contributed by atoms with Crippen molar-refractivity contribution in [1.82, 2.24) is 9.13 Å². The van der Waals surface area contributed by atoms with Crippen molar-refractivity contribution >= 4 is 43.6 Å². The van der Waals surface area contributed by atoms with Crippen LogP contribution in [0.25, 0.3) is 77.2 Å². The molecule has 2 heterocycles. The third-order valence-electron chi connectivity index (χ3n) is 9.60. The summed E-state index contributed by atoms with van der Waals surface area (Å²) in [5.74, 6) is 0. The van der Waals surface area contributed by atoms with Crippen LogP contribution in [0.4, 0.5) is 0 Å². The first-order chi connectivity index (χ1) is 24.7. The van der Waals surface area contributed by atoms with Gasteiger partial charge in [-0.2, -0.15) is 15.8 Å². The van der Waals surface area contributed by atoms with Gasteiger partial charge < -0.3 is 9.13 Å². The molecule has 0 bridgehead atoms. The summed E-state index contributed by atoms with van der Waals surface area (Å²) in [5.41, 5.74) is 11.2. The number of benzene rings is 7. The molecule has 2 aromatic heterocycles. The molecule has 230 valence electrons. The summed E-state index contributed by atoms with van der Waals surface area (Å²) < 4.78 is 4.40. The quantitative estimate of drug-likeness (QED) is 0.193. The predicted octanol–water partition coefficient (Wildman–Crippen LogP) is 10.8. The second-order valence-electron chi connectivity index (χ2n) is 12.3. The van der Waals surface area contributed by atoms with Crippen LogP contribution in [0.5, 0.6) is 0 Å². The molecule has 0 unspecified atom stereocenters. The van der Waals surface area contributed by atoms with Crippen LogP contribution in [0.3, 0.4) is 0 Å². The van der Waals surface area contributed by atoms with Crippen molar-refractivity contribution in [2.24, 2.45) is 0 Å². The lowest BCUT2D eigenvalue weighted by Gasteiger charge is -2.17. The van der Waals surface area contributed by atoms with Crippen LogP contribution in [0.1, 0.15) is 16.7 Å². The van der Waals surface area contributed by atoms with Gasteiger partial charge in [-0.05, 0) is 83.4 Å². The Hall–Kier alpha value is -7.39. The molecular weight excluding hydrogens is 611 g/mol. The number of hydrogen-bond acceptors (Lipinski definition) is 3. The van der Waals surface area contributed by atoms with E-state index >= 15 is 0 Å². The number of nitrogens with zero attached hydrogens (tertiary/aromatic N) is 5. The van der Waals surface area contributed by atoms with Crippen molar-refractivity contribution in [3.05, 3.63) is 168 Å². The summed E-state index contributed by atoms with van der Waals surface area (Å²) in [6.45, 7) is 0. The van der Waals surface area contributed by atoms with Gasteiger partial charge in [-0.3, -0.25) is 0 Å². The van der Waals surface area contributed by atoms with E-state index in [0.717, 1.165) is 77.2 Å². The van der Waals surface area contributed by atoms with Crippen LogP contribution in [-0.2, 0) is 0 Å². The van der Waals surface area contributed by atoms with Crippen LogP contribution >= 0.6 is 0 Å². The Labute approximate surface area is 287 Å². The topological polar surface area (TPSA) is 81.2 Å². The van der Waals surface area contributed by atoms with Crippen LogP contribution in [0, 0.1) is 34.0 Å². The van der Waals surface area contributed by atoms with Gasteiger partial charge >= 0.3 is 0 Å². The molecule has 0 radical (unpaired) electrons. The zero-order valence-electron chi connectivity index (χ0n) is 26.7. The highest BCUT2D eigenvalue weighted by Crippen LogP contribution is 2.40. The van der Waals surface area contributed by atoms with Gasteiger partial charge in [-0.15, -0.1) is 0 Å². The average molecular weight is 636 g/mol. The number of fused-ring (bicyclic) bond motifs is 6. The zero-order valence-corrected chi connectivity index (χ0v) is 26.7. The summed E-state index contributed by atoms with van der Waals surface area (Å²) >= 11 is 0. The molecule has 0 aliphatic carbocycles. The molecule has 9 rings (SSSR count). The number of aromatic nitrogens is 2. The van der Waals surface area contributed by atoms with Gasteiger partial charge in [0.05, 0.1) is 56.6 Å². The third-order valence-corrected chi connectivity index (χ3v) is 9.60. The molecule has 0 fully saturated rings. The third kappa shape index (κ3) is 4.38. The van der Waals surface area contributed by atoms with E-state index in [-0.39, 0.29) is 0 Å². The highest BCUT2D eigenvalue weighted by Gasteiger charge is 2.20. The molecule has 0 saturated heterocycles. The average Bonchev–Trinajstić information content (AvgIpc) is 3.70. The van der Waals surface area contributed by atoms with Crippen LogP contribution < -0.4 is 0 Å². The van der Waals surface area contributed by atoms with E-state index in [1.54, 1.807) is 6.07 Å². The van der Waals surface area contributed by atoms with E-state index in [4.69, 9.17) is 0 Å². The van der Waals surface area contributed by atoms with Crippen LogP contribution in [0.2, 0.25) is 0 Å². The van der Waals surface area contributed by atoms with Gasteiger partial charge in [0.2, 0.25) is 0 Å². The number of rotatable bonds is 4. The SMILES string of the molecule is N#Cc1cc(C#N)c(-n2c3ccccc3c3ccccc32)c(-c2cccc(-c3ccc(-n4c5ccccc5c5cc(C#N)ccc54)cc3)c2)c1. The van der Waals surface area contributed by atoms with Crippen LogP contribution in [0.15, 0.2) is 152 Å². The summed E-state index contributed by atoms with van der Waals surface area (Å²) in [6, 6.07) is 57.9. The Morgan fingerprint density at radius 2 is 0.960 bits per heavy atom. The van der Waals surface area contributed by atoms with Crippen molar-refractivity contribution < 1.29 is 0 Å². The molecule has 0 spiro atoms. The summed E-state index contributed by atoms with van der Waals surface area (Å²) in [4.78, 5) is 0. The van der Waals surface area contributed by atoms with E-state index in [1.165, 1.54) is 0 Å². The lowest BCUT2D eigenvalue weighted by molar-refractivity contribution is 1.17. The van der Waals surface area contributed by atoms with Crippen molar-refractivity contribution in [2.75, 3.05) is 0 Å². The number of hydrogen-bond donors (Lipinski definition) is 0. The lowest BCUT2D eigenvalue weighted by atomic mass is 9.94. The van der Waals surface area contributed by atoms with Gasteiger partial charge in [-0.1, -0.05) is 84.9 Å². The summed E-state index contributed by atoms with van der Waals surface area (Å²) in [7, 11) is 0. The van der Waals surface area contributed by atoms with Gasteiger partial charge in [-0.25, -0.2) is 0 Å². The molecule has 5 nitrogen and oxygen atoms in total. The molecule has 0 N–H and O–H groups in total. The smallest absolute Gasteiger partial charge is 0.101 e. The molecule has 7 aromatic carbocycles. The minimum absolute atomic E-state index is 0.434. The summed E-state index contributed by atoms with van der Waals surface area (Å²) in [5, 5.41) is 34.4. The molecule has 0 aliphatic heterocycles. The molecule has 0 saturated carbocycles. The van der Waals surface area contributed by atoms with E-state index in [0.29, 0.717) is 16.7 Å². The fourth-order valence-electron chi connectivity index (χ4n) is 7.40. The highest BCUT2D eigenvalue weighted by molar-refractivity contribution is 6.11. The molecule has 50 heavy (non-hydrogen) atoms. The Balaban J connectivity index is 1.20. The second kappa shape index (κ2) is 11.4. The molecule has 5 heteroatoms. The van der Waals surface area contributed by atoms with Gasteiger partial charge in [0, 0.05) is 32.8 Å². The Bertz CT molecular complexity index is 2900. The number of nitriles is 3. The van der Waals surface area contributed by atoms with Gasteiger partial charge in [0.25, 0.3) is 0 Å². The first-order valence-corrected chi connectivity index (χ1v) is 16.3. The van der Waals surface area contributed by atoms with Gasteiger partial charge in [0.1, 0.15) is 6.07 Å². The maximum atomic E-state index is 10.5. The Morgan fingerprint density at radius 1 is 0.380 bits per heavy atom. The van der Waals surface area contributed by atoms with Gasteiger partial charge in [0.15, 0.2) is 0 Å². The maximum absolute atomic E-state index is 10.5. The molecule has 0 aliphatic rings. The van der Waals surface area contributed by atoms with Crippen molar-refractivity contribution in [2.45, 2.75) is 0 Å². The fraction of sp³-hybridized carbons (Fsp3) is 0. The predicted molar refractivity (Wildman–Crippen MR) is 200 cm³/mol. The minimum atomic E-state index is 0.434. The fourth-order valence-corrected chi connectivity index (χ4v) is 7.40. The molecule has 0 atom stereocenters. The Kier molecular flexibility index (Phi) is 6.56. The standard InChI is InChI=1S/C45H25N5/c46-26-29-16-21-44-40(23-29)38-12-3-4-13-41(38)49(44)35-19-17-31(18-20-35)32-8-7-9-33(25-32)39-24-30(27-47)22-34(28-48)45(39)50-42-14-5-1-10-36(42)37-11-2-6-15-43(37)50/h1-25H. The Morgan fingerprint density at radius 3 is 1.60 bits per heavy atom. The zero-order chi connectivity index (χ0) is 33.8. The normalized spacial score (nSPS) is 11.1. The number of para-hydroxylation sites is 3. The largest absolute Gasteiger partial charge is 0.309 e. The molecular formula is C45H25N5. The maximum Gasteiger partial charge on any atom is 0.101 e. The van der Waals surface area contributed by atoms with Crippen molar-refractivity contribution in [3.8, 4) is 51.8 Å². The van der Waals surface area contributed by atoms with Crippen molar-refractivity contribution in [1.29, 1.82) is 15.8 Å². The lowest BCUT2D eigenvalue weighted by Crippen LogP contribution is -2.02. The molecule has 9 aromatic rings. The van der Waals surface area contributed by atoms with E-state index < -0.39 is 0 Å².